The van der Waals surface area contributed by atoms with Gasteiger partial charge in [-0.2, -0.15) is 0 Å². The molecule has 0 radical (unpaired) electrons. The van der Waals surface area contributed by atoms with E-state index in [1.54, 1.807) is 0 Å². The number of benzene rings is 5. The average molecular weight is 310 g/mol. The summed E-state index contributed by atoms with van der Waals surface area (Å²) in [5.41, 5.74) is 0. The summed E-state index contributed by atoms with van der Waals surface area (Å²) in [6.45, 7) is 0. The molecule has 108 valence electrons. The van der Waals surface area contributed by atoms with Crippen molar-refractivity contribution in [3.05, 3.63) is 78.9 Å². The molecule has 0 heterocycles. The van der Waals surface area contributed by atoms with Crippen LogP contribution in [0.4, 0.5) is 0 Å². The van der Waals surface area contributed by atoms with Crippen LogP contribution in [0, 0.1) is 0 Å². The van der Waals surface area contributed by atoms with E-state index >= 15 is 0 Å². The molecule has 23 heavy (non-hydrogen) atoms. The van der Waals surface area contributed by atoms with Gasteiger partial charge in [-0.15, -0.1) is 9.24 Å². The van der Waals surface area contributed by atoms with E-state index < -0.39 is 0 Å². The maximum Gasteiger partial charge on any atom is -0.00986 e. The second-order valence-corrected chi connectivity index (χ2v) is 6.75. The topological polar surface area (TPSA) is 0 Å². The van der Waals surface area contributed by atoms with Gasteiger partial charge in [0, 0.05) is 0 Å². The summed E-state index contributed by atoms with van der Waals surface area (Å²) in [6.07, 6.45) is 0. The molecule has 0 N–H and O–H groups in total. The molecular formula is C22H15P. The van der Waals surface area contributed by atoms with Crippen molar-refractivity contribution in [1.29, 1.82) is 0 Å². The van der Waals surface area contributed by atoms with E-state index in [4.69, 9.17) is 0 Å². The molecule has 0 aliphatic rings. The molecule has 0 amide bonds. The molecule has 0 bridgehead atoms. The molecule has 0 spiro atoms. The van der Waals surface area contributed by atoms with Gasteiger partial charge in [-0.25, -0.2) is 0 Å². The molecule has 1 unspecified atom stereocenters. The highest BCUT2D eigenvalue weighted by Gasteiger charge is 2.05. The van der Waals surface area contributed by atoms with Crippen molar-refractivity contribution in [2.45, 2.75) is 0 Å². The van der Waals surface area contributed by atoms with Crippen LogP contribution in [-0.4, -0.2) is 0 Å². The molecule has 0 fully saturated rings. The van der Waals surface area contributed by atoms with Gasteiger partial charge in [-0.1, -0.05) is 54.6 Å². The number of rotatable bonds is 0. The normalized spacial score (nSPS) is 11.7. The predicted molar refractivity (Wildman–Crippen MR) is 106 cm³/mol. The third-order valence-corrected chi connectivity index (χ3v) is 5.24. The summed E-state index contributed by atoms with van der Waals surface area (Å²) in [5, 5.41) is 11.7. The number of fused-ring (bicyclic) bond motifs is 5. The fourth-order valence-electron chi connectivity index (χ4n) is 3.55. The molecule has 5 aromatic rings. The van der Waals surface area contributed by atoms with Gasteiger partial charge in [0.1, 0.15) is 0 Å². The van der Waals surface area contributed by atoms with E-state index in [2.05, 4.69) is 88.1 Å². The fraction of sp³-hybridized carbons (Fsp3) is 0. The molecule has 0 nitrogen and oxygen atoms in total. The Hall–Kier alpha value is -2.43. The molecular weight excluding hydrogens is 295 g/mol. The van der Waals surface area contributed by atoms with Gasteiger partial charge in [0.15, 0.2) is 0 Å². The summed E-state index contributed by atoms with van der Waals surface area (Å²) in [5.74, 6) is 0. The molecule has 0 aliphatic heterocycles. The highest BCUT2D eigenvalue weighted by molar-refractivity contribution is 7.28. The summed E-state index contributed by atoms with van der Waals surface area (Å²) in [6, 6.07) is 28.8. The maximum absolute atomic E-state index is 2.85. The monoisotopic (exact) mass is 310 g/mol. The molecule has 0 aromatic heterocycles. The SMILES string of the molecule is Pc1cccc2cc3ccc4cc5ccccc5cc4c3cc12. The molecule has 5 rings (SSSR count). The van der Waals surface area contributed by atoms with E-state index in [1.807, 2.05) is 0 Å². The summed E-state index contributed by atoms with van der Waals surface area (Å²) >= 11 is 0. The third-order valence-electron chi connectivity index (χ3n) is 4.73. The van der Waals surface area contributed by atoms with Crippen LogP contribution in [-0.2, 0) is 0 Å². The zero-order valence-corrected chi connectivity index (χ0v) is 13.7. The summed E-state index contributed by atoms with van der Waals surface area (Å²) in [4.78, 5) is 0. The highest BCUT2D eigenvalue weighted by Crippen LogP contribution is 2.32. The second kappa shape index (κ2) is 4.78. The van der Waals surface area contributed by atoms with Gasteiger partial charge in [-0.3, -0.25) is 0 Å². The van der Waals surface area contributed by atoms with E-state index in [-0.39, 0.29) is 0 Å². The van der Waals surface area contributed by atoms with Crippen molar-refractivity contribution in [3.63, 3.8) is 0 Å². The Morgan fingerprint density at radius 1 is 0.435 bits per heavy atom. The molecule has 0 aliphatic carbocycles. The van der Waals surface area contributed by atoms with Crippen LogP contribution < -0.4 is 5.30 Å². The van der Waals surface area contributed by atoms with Crippen molar-refractivity contribution in [3.8, 4) is 0 Å². The lowest BCUT2D eigenvalue weighted by Crippen LogP contribution is -1.92. The number of hydrogen-bond donors (Lipinski definition) is 0. The first-order valence-electron chi connectivity index (χ1n) is 7.83. The van der Waals surface area contributed by atoms with E-state index in [9.17, 15) is 0 Å². The van der Waals surface area contributed by atoms with Crippen molar-refractivity contribution in [2.24, 2.45) is 0 Å². The minimum absolute atomic E-state index is 1.25. The van der Waals surface area contributed by atoms with Crippen LogP contribution in [0.5, 0.6) is 0 Å². The Kier molecular flexibility index (Phi) is 2.71. The van der Waals surface area contributed by atoms with Gasteiger partial charge in [0.25, 0.3) is 0 Å². The minimum atomic E-state index is 1.25. The van der Waals surface area contributed by atoms with Gasteiger partial charge in [0.05, 0.1) is 0 Å². The zero-order valence-electron chi connectivity index (χ0n) is 12.6. The highest BCUT2D eigenvalue weighted by atomic mass is 31.0. The Morgan fingerprint density at radius 3 is 1.78 bits per heavy atom. The Bertz CT molecular complexity index is 1220. The van der Waals surface area contributed by atoms with Gasteiger partial charge in [0.2, 0.25) is 0 Å². The Labute approximate surface area is 136 Å². The van der Waals surface area contributed by atoms with E-state index in [0.29, 0.717) is 0 Å². The van der Waals surface area contributed by atoms with Gasteiger partial charge < -0.3 is 0 Å². The van der Waals surface area contributed by atoms with Crippen LogP contribution in [0.1, 0.15) is 0 Å². The maximum atomic E-state index is 2.85. The molecule has 1 atom stereocenters. The fourth-order valence-corrected chi connectivity index (χ4v) is 3.91. The lowest BCUT2D eigenvalue weighted by atomic mass is 9.96. The first-order chi connectivity index (χ1) is 11.3. The van der Waals surface area contributed by atoms with Crippen molar-refractivity contribution in [2.75, 3.05) is 0 Å². The van der Waals surface area contributed by atoms with Crippen molar-refractivity contribution in [1.82, 2.24) is 0 Å². The van der Waals surface area contributed by atoms with Crippen LogP contribution in [0.25, 0.3) is 43.1 Å². The first kappa shape index (κ1) is 13.0. The Balaban J connectivity index is 2.01. The van der Waals surface area contributed by atoms with Crippen molar-refractivity contribution >= 4 is 57.6 Å². The number of hydrogen-bond acceptors (Lipinski definition) is 0. The van der Waals surface area contributed by atoms with Crippen LogP contribution in [0.2, 0.25) is 0 Å². The zero-order chi connectivity index (χ0) is 15.4. The standard InChI is InChI=1S/C22H15P/c23-22-7-3-6-16-11-18-9-8-17-10-14-4-1-2-5-15(14)12-19(17)20(18)13-21(16)22/h1-13H,23H2. The van der Waals surface area contributed by atoms with Gasteiger partial charge in [-0.05, 0) is 72.7 Å². The predicted octanol–water partition coefficient (Wildman–Crippen LogP) is 5.80. The van der Waals surface area contributed by atoms with Crippen LogP contribution >= 0.6 is 9.24 Å². The Morgan fingerprint density at radius 2 is 1.00 bits per heavy atom. The molecule has 0 saturated heterocycles. The molecule has 5 aromatic carbocycles. The summed E-state index contributed by atoms with van der Waals surface area (Å²) < 4.78 is 0. The molecule has 1 heteroatoms. The first-order valence-corrected chi connectivity index (χ1v) is 8.41. The van der Waals surface area contributed by atoms with E-state index in [0.717, 1.165) is 0 Å². The third kappa shape index (κ3) is 1.96. The lowest BCUT2D eigenvalue weighted by Gasteiger charge is -2.09. The van der Waals surface area contributed by atoms with Gasteiger partial charge >= 0.3 is 0 Å². The quantitative estimate of drug-likeness (QED) is 0.193. The largest absolute Gasteiger partial charge is 0.105 e. The minimum Gasteiger partial charge on any atom is -0.105 e. The van der Waals surface area contributed by atoms with Crippen LogP contribution in [0.3, 0.4) is 0 Å². The van der Waals surface area contributed by atoms with Crippen LogP contribution in [0.15, 0.2) is 78.9 Å². The smallest absolute Gasteiger partial charge is 0.00986 e. The molecule has 0 saturated carbocycles. The second-order valence-electron chi connectivity index (χ2n) is 6.13. The summed E-state index contributed by atoms with van der Waals surface area (Å²) in [7, 11) is 2.85. The average Bonchev–Trinajstić information content (AvgIpc) is 2.59. The van der Waals surface area contributed by atoms with E-state index in [1.165, 1.54) is 48.4 Å². The lowest BCUT2D eigenvalue weighted by molar-refractivity contribution is 1.79. The van der Waals surface area contributed by atoms with Crippen molar-refractivity contribution < 1.29 is 0 Å².